The van der Waals surface area contributed by atoms with E-state index in [1.807, 2.05) is 13.0 Å². The molecule has 2 aromatic rings. The molecule has 0 aliphatic rings. The lowest BCUT2D eigenvalue weighted by molar-refractivity contribution is -0.114. The lowest BCUT2D eigenvalue weighted by atomic mass is 10.1. The summed E-state index contributed by atoms with van der Waals surface area (Å²) in [5, 5.41) is 2.68. The van der Waals surface area contributed by atoms with Gasteiger partial charge in [0.2, 0.25) is 15.9 Å². The number of benzene rings is 2. The first-order valence-electron chi connectivity index (χ1n) is 8.74. The second-order valence-corrected chi connectivity index (χ2v) is 8.31. The van der Waals surface area contributed by atoms with Crippen LogP contribution in [0, 0.1) is 13.8 Å². The number of sulfonamides is 1. The molecule has 2 rings (SSSR count). The minimum absolute atomic E-state index is 0.244. The smallest absolute Gasteiger partial charge is 0.338 e. The third-order valence-electron chi connectivity index (χ3n) is 4.00. The first kappa shape index (κ1) is 21.4. The molecule has 0 atom stereocenters. The molecule has 1 N–H and O–H groups in total. The fourth-order valence-corrected chi connectivity index (χ4v) is 3.45. The average molecular weight is 404 g/mol. The van der Waals surface area contributed by atoms with Gasteiger partial charge in [0, 0.05) is 5.69 Å². The maximum absolute atomic E-state index is 12.6. The van der Waals surface area contributed by atoms with Crippen LogP contribution < -0.4 is 9.62 Å². The minimum atomic E-state index is -3.66. The summed E-state index contributed by atoms with van der Waals surface area (Å²) in [5.74, 6) is -1.01. The summed E-state index contributed by atoms with van der Waals surface area (Å²) in [7, 11) is -3.66. The van der Waals surface area contributed by atoms with Gasteiger partial charge in [-0.1, -0.05) is 18.2 Å². The minimum Gasteiger partial charge on any atom is -0.462 e. The third-order valence-corrected chi connectivity index (χ3v) is 5.14. The van der Waals surface area contributed by atoms with E-state index >= 15 is 0 Å². The van der Waals surface area contributed by atoms with E-state index in [-0.39, 0.29) is 13.2 Å². The third kappa shape index (κ3) is 5.56. The number of hydrogen-bond acceptors (Lipinski definition) is 5. The van der Waals surface area contributed by atoms with Crippen molar-refractivity contribution in [2.24, 2.45) is 0 Å². The highest BCUT2D eigenvalue weighted by atomic mass is 32.2. The number of esters is 1. The zero-order valence-corrected chi connectivity index (χ0v) is 17.2. The maximum atomic E-state index is 12.6. The van der Waals surface area contributed by atoms with E-state index in [0.717, 1.165) is 21.7 Å². The van der Waals surface area contributed by atoms with E-state index in [9.17, 15) is 18.0 Å². The molecule has 0 spiro atoms. The van der Waals surface area contributed by atoms with E-state index < -0.39 is 21.9 Å². The zero-order chi connectivity index (χ0) is 20.9. The van der Waals surface area contributed by atoms with Crippen LogP contribution in [0.5, 0.6) is 0 Å². The van der Waals surface area contributed by atoms with Gasteiger partial charge in [-0.25, -0.2) is 13.2 Å². The number of nitrogens with one attached hydrogen (secondary N) is 1. The van der Waals surface area contributed by atoms with Gasteiger partial charge >= 0.3 is 5.97 Å². The average Bonchev–Trinajstić information content (AvgIpc) is 2.60. The Morgan fingerprint density at radius 3 is 2.43 bits per heavy atom. The predicted molar refractivity (Wildman–Crippen MR) is 109 cm³/mol. The number of carbonyl (C=O) groups excluding carboxylic acids is 2. The lowest BCUT2D eigenvalue weighted by Gasteiger charge is -2.22. The van der Waals surface area contributed by atoms with Crippen molar-refractivity contribution in [2.45, 2.75) is 20.8 Å². The van der Waals surface area contributed by atoms with Gasteiger partial charge in [0.05, 0.1) is 24.1 Å². The number of aryl methyl sites for hydroxylation is 2. The van der Waals surface area contributed by atoms with Gasteiger partial charge < -0.3 is 10.1 Å². The van der Waals surface area contributed by atoms with E-state index in [0.29, 0.717) is 16.9 Å². The van der Waals surface area contributed by atoms with E-state index in [1.54, 1.807) is 44.2 Å². The molecule has 0 radical (unpaired) electrons. The Kier molecular flexibility index (Phi) is 6.80. The topological polar surface area (TPSA) is 92.8 Å². The van der Waals surface area contributed by atoms with Gasteiger partial charge in [0.25, 0.3) is 0 Å². The van der Waals surface area contributed by atoms with Crippen molar-refractivity contribution in [3.8, 4) is 0 Å². The van der Waals surface area contributed by atoms with Crippen molar-refractivity contribution >= 4 is 33.3 Å². The molecule has 0 aliphatic heterocycles. The van der Waals surface area contributed by atoms with Crippen LogP contribution in [0.4, 0.5) is 11.4 Å². The molecule has 0 saturated heterocycles. The molecule has 0 saturated carbocycles. The standard InChI is InChI=1S/C20H24N2O5S/c1-5-27-20(24)16-10-9-15(3)18(12-16)21-19(23)13-22(28(4,25)26)17-8-6-7-14(2)11-17/h6-12H,5,13H2,1-4H3,(H,21,23). The molecule has 150 valence electrons. The lowest BCUT2D eigenvalue weighted by Crippen LogP contribution is -2.37. The number of anilines is 2. The molecule has 0 unspecified atom stereocenters. The van der Waals surface area contributed by atoms with Gasteiger partial charge in [0.1, 0.15) is 6.54 Å². The number of nitrogens with zero attached hydrogens (tertiary/aromatic N) is 1. The fourth-order valence-electron chi connectivity index (χ4n) is 2.60. The van der Waals surface area contributed by atoms with Crippen LogP contribution in [-0.2, 0) is 19.6 Å². The summed E-state index contributed by atoms with van der Waals surface area (Å²) < 4.78 is 30.4. The summed E-state index contributed by atoms with van der Waals surface area (Å²) in [5.41, 5.74) is 2.76. The number of carbonyl (C=O) groups is 2. The van der Waals surface area contributed by atoms with Crippen LogP contribution in [-0.4, -0.2) is 39.7 Å². The molecule has 2 aromatic carbocycles. The fraction of sp³-hybridized carbons (Fsp3) is 0.300. The maximum Gasteiger partial charge on any atom is 0.338 e. The first-order chi connectivity index (χ1) is 13.1. The van der Waals surface area contributed by atoms with Crippen molar-refractivity contribution in [1.82, 2.24) is 0 Å². The van der Waals surface area contributed by atoms with E-state index in [1.165, 1.54) is 6.07 Å². The Bertz CT molecular complexity index is 986. The molecule has 28 heavy (non-hydrogen) atoms. The van der Waals surface area contributed by atoms with Crippen molar-refractivity contribution in [3.05, 3.63) is 59.2 Å². The SMILES string of the molecule is CCOC(=O)c1ccc(C)c(NC(=O)CN(c2cccc(C)c2)S(C)(=O)=O)c1. The van der Waals surface area contributed by atoms with Crippen molar-refractivity contribution in [1.29, 1.82) is 0 Å². The summed E-state index contributed by atoms with van der Waals surface area (Å²) in [6.07, 6.45) is 1.05. The van der Waals surface area contributed by atoms with Crippen LogP contribution in [0.25, 0.3) is 0 Å². The molecule has 8 heteroatoms. The first-order valence-corrected chi connectivity index (χ1v) is 10.6. The van der Waals surface area contributed by atoms with Gasteiger partial charge in [0.15, 0.2) is 0 Å². The molecular formula is C20H24N2O5S. The normalized spacial score (nSPS) is 11.0. The Labute approximate surface area is 165 Å². The molecule has 1 amide bonds. The van der Waals surface area contributed by atoms with Crippen molar-refractivity contribution in [3.63, 3.8) is 0 Å². The van der Waals surface area contributed by atoms with Crippen LogP contribution in [0.3, 0.4) is 0 Å². The largest absolute Gasteiger partial charge is 0.462 e. The number of ether oxygens (including phenoxy) is 1. The number of rotatable bonds is 7. The summed E-state index contributed by atoms with van der Waals surface area (Å²) in [4.78, 5) is 24.5. The Hall–Kier alpha value is -2.87. The van der Waals surface area contributed by atoms with E-state index in [4.69, 9.17) is 4.74 Å². The quantitative estimate of drug-likeness (QED) is 0.717. The van der Waals surface area contributed by atoms with Gasteiger partial charge in [-0.15, -0.1) is 0 Å². The Morgan fingerprint density at radius 2 is 1.82 bits per heavy atom. The summed E-state index contributed by atoms with van der Waals surface area (Å²) >= 11 is 0. The molecule has 0 aliphatic carbocycles. The van der Waals surface area contributed by atoms with Crippen LogP contribution >= 0.6 is 0 Å². The monoisotopic (exact) mass is 404 g/mol. The van der Waals surface area contributed by atoms with Crippen LogP contribution in [0.15, 0.2) is 42.5 Å². The highest BCUT2D eigenvalue weighted by Crippen LogP contribution is 2.21. The van der Waals surface area contributed by atoms with Crippen molar-refractivity contribution < 1.29 is 22.7 Å². The highest BCUT2D eigenvalue weighted by molar-refractivity contribution is 7.92. The molecule has 7 nitrogen and oxygen atoms in total. The zero-order valence-electron chi connectivity index (χ0n) is 16.4. The highest BCUT2D eigenvalue weighted by Gasteiger charge is 2.21. The number of amides is 1. The molecular weight excluding hydrogens is 380 g/mol. The van der Waals surface area contributed by atoms with Gasteiger partial charge in [-0.2, -0.15) is 0 Å². The van der Waals surface area contributed by atoms with Gasteiger partial charge in [-0.3, -0.25) is 9.10 Å². The molecule has 0 fully saturated rings. The van der Waals surface area contributed by atoms with Crippen molar-refractivity contribution in [2.75, 3.05) is 29.0 Å². The predicted octanol–water partition coefficient (Wildman–Crippen LogP) is 2.88. The molecule has 0 heterocycles. The second kappa shape index (κ2) is 8.88. The number of hydrogen-bond donors (Lipinski definition) is 1. The Balaban J connectivity index is 2.24. The van der Waals surface area contributed by atoms with Crippen LogP contribution in [0.2, 0.25) is 0 Å². The van der Waals surface area contributed by atoms with Crippen LogP contribution in [0.1, 0.15) is 28.4 Å². The Morgan fingerprint density at radius 1 is 1.11 bits per heavy atom. The molecule has 0 aromatic heterocycles. The summed E-state index contributed by atoms with van der Waals surface area (Å²) in [6, 6.07) is 11.7. The molecule has 0 bridgehead atoms. The van der Waals surface area contributed by atoms with Gasteiger partial charge in [-0.05, 0) is 56.2 Å². The van der Waals surface area contributed by atoms with E-state index in [2.05, 4.69) is 5.32 Å². The second-order valence-electron chi connectivity index (χ2n) is 6.41. The summed E-state index contributed by atoms with van der Waals surface area (Å²) in [6.45, 7) is 5.19.